The SMILES string of the molecule is COCCn1c(N)c(C(=O)CSc2nnnn2CCc2cccs2)c(=O)[nH]c1=O. The molecule has 3 rings (SSSR count). The lowest BCUT2D eigenvalue weighted by atomic mass is 10.2. The molecule has 3 aromatic rings. The van der Waals surface area contributed by atoms with E-state index in [1.54, 1.807) is 16.0 Å². The van der Waals surface area contributed by atoms with Gasteiger partial charge in [0, 0.05) is 18.4 Å². The number of nitrogens with one attached hydrogen (secondary N) is 1. The van der Waals surface area contributed by atoms with Gasteiger partial charge in [-0.1, -0.05) is 17.8 Å². The summed E-state index contributed by atoms with van der Waals surface area (Å²) in [5, 5.41) is 14.0. The number of carbonyl (C=O) groups is 1. The zero-order chi connectivity index (χ0) is 20.8. The van der Waals surface area contributed by atoms with Crippen LogP contribution in [0.25, 0.3) is 0 Å². The van der Waals surface area contributed by atoms with Crippen LogP contribution in [0.2, 0.25) is 0 Å². The summed E-state index contributed by atoms with van der Waals surface area (Å²) in [6.45, 7) is 0.887. The first-order chi connectivity index (χ1) is 14.0. The van der Waals surface area contributed by atoms with Crippen LogP contribution < -0.4 is 17.0 Å². The lowest BCUT2D eigenvalue weighted by Gasteiger charge is -2.11. The molecule has 0 aliphatic carbocycles. The van der Waals surface area contributed by atoms with Crippen LogP contribution in [0.5, 0.6) is 0 Å². The molecular formula is C16H19N7O4S2. The van der Waals surface area contributed by atoms with Gasteiger partial charge in [0.2, 0.25) is 5.16 Å². The summed E-state index contributed by atoms with van der Waals surface area (Å²) in [5.74, 6) is -0.804. The molecule has 3 heterocycles. The molecule has 0 spiro atoms. The standard InChI is InChI=1S/C16H19N7O4S2/c1-27-7-6-22-13(17)12(14(25)18-15(22)26)11(24)9-29-16-19-20-21-23(16)5-4-10-3-2-8-28-10/h2-3,8H,4-7,9,17H2,1H3,(H,18,25,26). The first-order valence-corrected chi connectivity index (χ1v) is 10.4. The maximum atomic E-state index is 12.6. The number of aromatic nitrogens is 6. The van der Waals surface area contributed by atoms with Gasteiger partial charge in [-0.05, 0) is 21.9 Å². The molecular weight excluding hydrogens is 418 g/mol. The van der Waals surface area contributed by atoms with Crippen molar-refractivity contribution in [1.29, 1.82) is 0 Å². The minimum atomic E-state index is -0.816. The number of H-pyrrole nitrogens is 1. The number of methoxy groups -OCH3 is 1. The highest BCUT2D eigenvalue weighted by Gasteiger charge is 2.20. The van der Waals surface area contributed by atoms with Crippen LogP contribution in [-0.2, 0) is 24.2 Å². The Kier molecular flexibility index (Phi) is 6.95. The van der Waals surface area contributed by atoms with E-state index in [-0.39, 0.29) is 30.3 Å². The van der Waals surface area contributed by atoms with Crippen molar-refractivity contribution in [1.82, 2.24) is 29.8 Å². The summed E-state index contributed by atoms with van der Waals surface area (Å²) in [5.41, 5.74) is 4.16. The number of nitrogens with zero attached hydrogens (tertiary/aromatic N) is 5. The van der Waals surface area contributed by atoms with Crippen LogP contribution in [0.15, 0.2) is 32.3 Å². The van der Waals surface area contributed by atoms with E-state index in [9.17, 15) is 14.4 Å². The van der Waals surface area contributed by atoms with Crippen molar-refractivity contribution in [2.24, 2.45) is 0 Å². The largest absolute Gasteiger partial charge is 0.384 e. The van der Waals surface area contributed by atoms with Crippen molar-refractivity contribution >= 4 is 34.7 Å². The Labute approximate surface area is 172 Å². The second-order valence-corrected chi connectivity index (χ2v) is 7.86. The van der Waals surface area contributed by atoms with Crippen molar-refractivity contribution in [3.05, 3.63) is 48.8 Å². The van der Waals surface area contributed by atoms with Crippen molar-refractivity contribution in [2.45, 2.75) is 24.7 Å². The average molecular weight is 438 g/mol. The van der Waals surface area contributed by atoms with Crippen LogP contribution in [0, 0.1) is 0 Å². The number of thioether (sulfide) groups is 1. The second kappa shape index (κ2) is 9.62. The van der Waals surface area contributed by atoms with Crippen LogP contribution in [0.4, 0.5) is 5.82 Å². The molecule has 154 valence electrons. The molecule has 0 saturated heterocycles. The van der Waals surface area contributed by atoms with E-state index in [1.807, 2.05) is 17.5 Å². The minimum Gasteiger partial charge on any atom is -0.384 e. The summed E-state index contributed by atoms with van der Waals surface area (Å²) < 4.78 is 7.63. The Morgan fingerprint density at radius 2 is 2.21 bits per heavy atom. The fraction of sp³-hybridized carbons (Fsp3) is 0.375. The molecule has 0 unspecified atom stereocenters. The van der Waals surface area contributed by atoms with Gasteiger partial charge < -0.3 is 10.5 Å². The number of tetrazole rings is 1. The number of anilines is 1. The predicted molar refractivity (Wildman–Crippen MR) is 109 cm³/mol. The summed E-state index contributed by atoms with van der Waals surface area (Å²) in [6.07, 6.45) is 0.765. The maximum Gasteiger partial charge on any atom is 0.330 e. The fourth-order valence-corrected chi connectivity index (χ4v) is 4.05. The van der Waals surface area contributed by atoms with Crippen molar-refractivity contribution < 1.29 is 9.53 Å². The molecule has 0 aliphatic rings. The number of ketones is 1. The van der Waals surface area contributed by atoms with E-state index in [1.165, 1.54) is 12.0 Å². The molecule has 0 radical (unpaired) electrons. The van der Waals surface area contributed by atoms with Gasteiger partial charge in [-0.3, -0.25) is 19.1 Å². The van der Waals surface area contributed by atoms with Crippen LogP contribution in [0.1, 0.15) is 15.2 Å². The molecule has 0 aliphatic heterocycles. The molecule has 0 aromatic carbocycles. The first-order valence-electron chi connectivity index (χ1n) is 8.57. The number of ether oxygens (including phenoxy) is 1. The van der Waals surface area contributed by atoms with Gasteiger partial charge in [0.25, 0.3) is 5.56 Å². The quantitative estimate of drug-likeness (QED) is 0.331. The number of hydrogen-bond donors (Lipinski definition) is 2. The normalized spacial score (nSPS) is 11.1. The molecule has 3 aromatic heterocycles. The first kappa shape index (κ1) is 21.0. The minimum absolute atomic E-state index is 0.102. The Balaban J connectivity index is 1.71. The number of aryl methyl sites for hydroxylation is 2. The van der Waals surface area contributed by atoms with Crippen molar-refractivity contribution in [3.8, 4) is 0 Å². The zero-order valence-electron chi connectivity index (χ0n) is 15.5. The Hall–Kier alpha value is -2.77. The van der Waals surface area contributed by atoms with E-state index in [0.29, 0.717) is 11.7 Å². The molecule has 0 saturated carbocycles. The number of nitrogens with two attached hydrogens (primary N) is 1. The van der Waals surface area contributed by atoms with Gasteiger partial charge in [0.1, 0.15) is 11.4 Å². The lowest BCUT2D eigenvalue weighted by Crippen LogP contribution is -2.37. The third-order valence-corrected chi connectivity index (χ3v) is 5.91. The zero-order valence-corrected chi connectivity index (χ0v) is 17.2. The average Bonchev–Trinajstić information content (AvgIpc) is 3.36. The summed E-state index contributed by atoms with van der Waals surface area (Å²) in [6, 6.07) is 4.00. The monoisotopic (exact) mass is 437 g/mol. The summed E-state index contributed by atoms with van der Waals surface area (Å²) in [7, 11) is 1.47. The van der Waals surface area contributed by atoms with Gasteiger partial charge in [-0.15, -0.1) is 16.4 Å². The van der Waals surface area contributed by atoms with Crippen LogP contribution in [-0.4, -0.2) is 55.0 Å². The van der Waals surface area contributed by atoms with Gasteiger partial charge in [-0.25, -0.2) is 9.48 Å². The molecule has 11 nitrogen and oxygen atoms in total. The lowest BCUT2D eigenvalue weighted by molar-refractivity contribution is 0.102. The molecule has 0 bridgehead atoms. The predicted octanol–water partition coefficient (Wildman–Crippen LogP) is 0.0309. The smallest absolute Gasteiger partial charge is 0.330 e. The topological polar surface area (TPSA) is 151 Å². The third kappa shape index (κ3) is 4.99. The highest BCUT2D eigenvalue weighted by atomic mass is 32.2. The Morgan fingerprint density at radius 1 is 1.38 bits per heavy atom. The van der Waals surface area contributed by atoms with E-state index in [0.717, 1.165) is 22.7 Å². The molecule has 0 fully saturated rings. The third-order valence-electron chi connectivity index (χ3n) is 4.02. The number of rotatable bonds is 10. The Bertz CT molecular complexity index is 1090. The van der Waals surface area contributed by atoms with E-state index < -0.39 is 17.0 Å². The number of carbonyl (C=O) groups excluding carboxylic acids is 1. The van der Waals surface area contributed by atoms with Crippen molar-refractivity contribution in [3.63, 3.8) is 0 Å². The van der Waals surface area contributed by atoms with Gasteiger partial charge in [-0.2, -0.15) is 0 Å². The van der Waals surface area contributed by atoms with E-state index in [4.69, 9.17) is 10.5 Å². The van der Waals surface area contributed by atoms with E-state index in [2.05, 4.69) is 20.5 Å². The summed E-state index contributed by atoms with van der Waals surface area (Å²) in [4.78, 5) is 40.0. The molecule has 29 heavy (non-hydrogen) atoms. The molecule has 13 heteroatoms. The molecule has 0 atom stereocenters. The van der Waals surface area contributed by atoms with Gasteiger partial charge >= 0.3 is 5.69 Å². The van der Waals surface area contributed by atoms with Crippen LogP contribution in [0.3, 0.4) is 0 Å². The highest BCUT2D eigenvalue weighted by Crippen LogP contribution is 2.18. The number of thiophene rings is 1. The number of nitrogen functional groups attached to an aromatic ring is 1. The highest BCUT2D eigenvalue weighted by molar-refractivity contribution is 7.99. The Morgan fingerprint density at radius 3 is 2.93 bits per heavy atom. The van der Waals surface area contributed by atoms with Gasteiger partial charge in [0.05, 0.1) is 25.4 Å². The number of Topliss-reactive ketones (excluding diaryl/α,β-unsaturated/α-hetero) is 1. The van der Waals surface area contributed by atoms with Crippen molar-refractivity contribution in [2.75, 3.05) is 25.2 Å². The van der Waals surface area contributed by atoms with Gasteiger partial charge in [0.15, 0.2) is 5.78 Å². The maximum absolute atomic E-state index is 12.6. The second-order valence-electron chi connectivity index (χ2n) is 5.89. The van der Waals surface area contributed by atoms with Crippen LogP contribution >= 0.6 is 23.1 Å². The number of hydrogen-bond acceptors (Lipinski definition) is 10. The summed E-state index contributed by atoms with van der Waals surface area (Å²) >= 11 is 2.75. The van der Waals surface area contributed by atoms with E-state index >= 15 is 0 Å². The number of aromatic amines is 1. The fourth-order valence-electron chi connectivity index (χ4n) is 2.58. The molecule has 3 N–H and O–H groups in total. The molecule has 0 amide bonds.